The van der Waals surface area contributed by atoms with E-state index in [1.165, 1.54) is 11.3 Å². The molecule has 1 atom stereocenters. The molecule has 0 spiro atoms. The minimum absolute atomic E-state index is 0.0398. The number of thiophene rings is 1. The van der Waals surface area contributed by atoms with Crippen LogP contribution >= 0.6 is 11.3 Å². The summed E-state index contributed by atoms with van der Waals surface area (Å²) in [7, 11) is 0. The fourth-order valence-corrected chi connectivity index (χ4v) is 2.89. The Bertz CT molecular complexity index is 482. The van der Waals surface area contributed by atoms with E-state index < -0.39 is 0 Å². The van der Waals surface area contributed by atoms with E-state index in [-0.39, 0.29) is 24.5 Å². The van der Waals surface area contributed by atoms with Gasteiger partial charge in [-0.2, -0.15) is 0 Å². The summed E-state index contributed by atoms with van der Waals surface area (Å²) >= 11 is 1.31. The average Bonchev–Trinajstić information content (AvgIpc) is 2.60. The lowest BCUT2D eigenvalue weighted by atomic mass is 10.2. The highest BCUT2D eigenvalue weighted by molar-refractivity contribution is 7.13. The van der Waals surface area contributed by atoms with Gasteiger partial charge in [0.15, 0.2) is 12.4 Å². The molecule has 0 saturated heterocycles. The van der Waals surface area contributed by atoms with Crippen molar-refractivity contribution < 1.29 is 14.3 Å². The predicted molar refractivity (Wildman–Crippen MR) is 59.1 cm³/mol. The van der Waals surface area contributed by atoms with Gasteiger partial charge in [-0.05, 0) is 6.92 Å². The topological polar surface area (TPSA) is 58.6 Å². The first-order valence-corrected chi connectivity index (χ1v) is 5.90. The fraction of sp³-hybridized carbons (Fsp3) is 0.400. The third-order valence-electron chi connectivity index (χ3n) is 2.69. The standard InChI is InChI=1S/C10H10N2O3S/c1-5-2-12-7(13)3-15-6-4-16-9(8(6)12)10(14)11-5/h4-5H,2-3H2,1H3,(H,11,14). The molecule has 0 aliphatic carbocycles. The molecule has 0 bridgehead atoms. The Morgan fingerprint density at radius 3 is 3.19 bits per heavy atom. The molecule has 2 aliphatic rings. The van der Waals surface area contributed by atoms with Crippen LogP contribution in [0.3, 0.4) is 0 Å². The summed E-state index contributed by atoms with van der Waals surface area (Å²) in [6.07, 6.45) is 0. The molecule has 0 saturated carbocycles. The summed E-state index contributed by atoms with van der Waals surface area (Å²) in [6, 6.07) is -0.0398. The predicted octanol–water partition coefficient (Wildman–Crippen LogP) is 0.605. The molecular formula is C10H10N2O3S. The van der Waals surface area contributed by atoms with Gasteiger partial charge in [0.1, 0.15) is 10.6 Å². The number of carbonyl (C=O) groups is 2. The van der Waals surface area contributed by atoms with Crippen molar-refractivity contribution in [3.8, 4) is 5.75 Å². The van der Waals surface area contributed by atoms with E-state index in [2.05, 4.69) is 5.32 Å². The van der Waals surface area contributed by atoms with Crippen LogP contribution in [0.4, 0.5) is 5.69 Å². The Balaban J connectivity index is 2.18. The minimum atomic E-state index is -0.125. The summed E-state index contributed by atoms with van der Waals surface area (Å²) in [6.45, 7) is 2.45. The second kappa shape index (κ2) is 3.21. The van der Waals surface area contributed by atoms with Gasteiger partial charge in [0.05, 0.1) is 0 Å². The third-order valence-corrected chi connectivity index (χ3v) is 3.64. The maximum Gasteiger partial charge on any atom is 0.265 e. The minimum Gasteiger partial charge on any atom is -0.481 e. The summed E-state index contributed by atoms with van der Waals surface area (Å²) < 4.78 is 5.30. The smallest absolute Gasteiger partial charge is 0.265 e. The van der Waals surface area contributed by atoms with E-state index in [9.17, 15) is 9.59 Å². The van der Waals surface area contributed by atoms with Crippen LogP contribution in [-0.2, 0) is 4.79 Å². The molecular weight excluding hydrogens is 228 g/mol. The van der Waals surface area contributed by atoms with Crippen LogP contribution in [0.15, 0.2) is 5.38 Å². The summed E-state index contributed by atoms with van der Waals surface area (Å²) in [4.78, 5) is 25.8. The average molecular weight is 238 g/mol. The molecule has 3 heterocycles. The van der Waals surface area contributed by atoms with Crippen LogP contribution < -0.4 is 15.0 Å². The fourth-order valence-electron chi connectivity index (χ4n) is 2.00. The van der Waals surface area contributed by atoms with Crippen LogP contribution in [0.5, 0.6) is 5.75 Å². The first-order chi connectivity index (χ1) is 7.66. The van der Waals surface area contributed by atoms with Gasteiger partial charge in [-0.25, -0.2) is 0 Å². The van der Waals surface area contributed by atoms with Crippen molar-refractivity contribution in [3.63, 3.8) is 0 Å². The maximum atomic E-state index is 11.8. The highest BCUT2D eigenvalue weighted by Gasteiger charge is 2.35. The zero-order valence-corrected chi connectivity index (χ0v) is 9.47. The normalized spacial score (nSPS) is 23.3. The molecule has 2 aliphatic heterocycles. The van der Waals surface area contributed by atoms with Crippen LogP contribution in [0.2, 0.25) is 0 Å². The van der Waals surface area contributed by atoms with Crippen LogP contribution in [-0.4, -0.2) is 31.0 Å². The Morgan fingerprint density at radius 2 is 2.38 bits per heavy atom. The van der Waals surface area contributed by atoms with Gasteiger partial charge >= 0.3 is 0 Å². The summed E-state index contributed by atoms with van der Waals surface area (Å²) in [5.41, 5.74) is 0.642. The lowest BCUT2D eigenvalue weighted by molar-refractivity contribution is -0.121. The van der Waals surface area contributed by atoms with Crippen molar-refractivity contribution in [1.29, 1.82) is 0 Å². The van der Waals surface area contributed by atoms with Gasteiger partial charge in [0.2, 0.25) is 0 Å². The monoisotopic (exact) mass is 238 g/mol. The molecule has 1 unspecified atom stereocenters. The number of anilines is 1. The van der Waals surface area contributed by atoms with Crippen LogP contribution in [0.25, 0.3) is 0 Å². The Kier molecular flexibility index (Phi) is 1.94. The molecule has 0 radical (unpaired) electrons. The Morgan fingerprint density at radius 1 is 1.56 bits per heavy atom. The van der Waals surface area contributed by atoms with E-state index in [4.69, 9.17) is 4.74 Å². The molecule has 84 valence electrons. The Hall–Kier alpha value is -1.56. The van der Waals surface area contributed by atoms with E-state index >= 15 is 0 Å². The molecule has 1 aromatic rings. The number of amides is 2. The van der Waals surface area contributed by atoms with Gasteiger partial charge in [-0.1, -0.05) is 0 Å². The van der Waals surface area contributed by atoms with Gasteiger partial charge in [-0.3, -0.25) is 9.59 Å². The maximum absolute atomic E-state index is 11.8. The molecule has 3 rings (SSSR count). The molecule has 0 fully saturated rings. The molecule has 1 aromatic heterocycles. The number of hydrogen-bond acceptors (Lipinski definition) is 4. The lowest BCUT2D eigenvalue weighted by Crippen LogP contribution is -2.44. The number of carbonyl (C=O) groups excluding carboxylic acids is 2. The van der Waals surface area contributed by atoms with Gasteiger partial charge in [0.25, 0.3) is 11.8 Å². The zero-order valence-electron chi connectivity index (χ0n) is 8.65. The lowest BCUT2D eigenvalue weighted by Gasteiger charge is -2.27. The number of nitrogens with zero attached hydrogens (tertiary/aromatic N) is 1. The second-order valence-electron chi connectivity index (χ2n) is 3.95. The zero-order chi connectivity index (χ0) is 11.3. The van der Waals surface area contributed by atoms with Gasteiger partial charge < -0.3 is 15.0 Å². The molecule has 2 amide bonds. The number of rotatable bonds is 0. The second-order valence-corrected chi connectivity index (χ2v) is 4.82. The first kappa shape index (κ1) is 9.65. The largest absolute Gasteiger partial charge is 0.481 e. The SMILES string of the molecule is CC1CN2C(=O)COc3csc(c32)C(=O)N1. The van der Waals surface area contributed by atoms with Crippen molar-refractivity contribution >= 4 is 28.8 Å². The van der Waals surface area contributed by atoms with Crippen molar-refractivity contribution in [2.75, 3.05) is 18.1 Å². The van der Waals surface area contributed by atoms with Crippen molar-refractivity contribution in [2.24, 2.45) is 0 Å². The van der Waals surface area contributed by atoms with Crippen molar-refractivity contribution in [3.05, 3.63) is 10.3 Å². The number of hydrogen-bond donors (Lipinski definition) is 1. The Labute approximate surface area is 96.0 Å². The highest BCUT2D eigenvalue weighted by Crippen LogP contribution is 2.41. The van der Waals surface area contributed by atoms with Gasteiger partial charge in [0, 0.05) is 18.0 Å². The van der Waals surface area contributed by atoms with E-state index in [1.807, 2.05) is 6.92 Å². The van der Waals surface area contributed by atoms with Gasteiger partial charge in [-0.15, -0.1) is 11.3 Å². The number of ether oxygens (including phenoxy) is 1. The van der Waals surface area contributed by atoms with E-state index in [1.54, 1.807) is 10.3 Å². The van der Waals surface area contributed by atoms with Crippen LogP contribution in [0.1, 0.15) is 16.6 Å². The quantitative estimate of drug-likeness (QED) is 0.720. The molecule has 16 heavy (non-hydrogen) atoms. The molecule has 6 heteroatoms. The summed E-state index contributed by atoms with van der Waals surface area (Å²) in [5, 5.41) is 4.62. The van der Waals surface area contributed by atoms with Crippen LogP contribution in [0, 0.1) is 0 Å². The highest BCUT2D eigenvalue weighted by atomic mass is 32.1. The third kappa shape index (κ3) is 1.23. The first-order valence-electron chi connectivity index (χ1n) is 5.02. The summed E-state index contributed by atoms with van der Waals surface area (Å²) in [5.74, 6) is 0.430. The molecule has 1 N–H and O–H groups in total. The number of nitrogens with one attached hydrogen (secondary N) is 1. The van der Waals surface area contributed by atoms with E-state index in [0.717, 1.165) is 0 Å². The molecule has 5 nitrogen and oxygen atoms in total. The molecule has 0 aromatic carbocycles. The van der Waals surface area contributed by atoms with E-state index in [0.29, 0.717) is 22.9 Å². The van der Waals surface area contributed by atoms with Crippen molar-refractivity contribution in [2.45, 2.75) is 13.0 Å². The van der Waals surface area contributed by atoms with Crippen molar-refractivity contribution in [1.82, 2.24) is 5.32 Å².